The average molecular weight is 536 g/mol. The number of ether oxygens (including phenoxy) is 4. The third-order valence-corrected chi connectivity index (χ3v) is 6.87. The molecule has 2 aromatic carbocycles. The molecule has 11 heteroatoms. The van der Waals surface area contributed by atoms with Crippen molar-refractivity contribution in [3.63, 3.8) is 0 Å². The summed E-state index contributed by atoms with van der Waals surface area (Å²) in [5.74, 6) is 1.01. The van der Waals surface area contributed by atoms with E-state index in [9.17, 15) is 9.90 Å². The summed E-state index contributed by atoms with van der Waals surface area (Å²) < 4.78 is 23.0. The van der Waals surface area contributed by atoms with Gasteiger partial charge in [0.25, 0.3) is 0 Å². The van der Waals surface area contributed by atoms with E-state index in [4.69, 9.17) is 24.7 Å². The van der Waals surface area contributed by atoms with E-state index >= 15 is 0 Å². The summed E-state index contributed by atoms with van der Waals surface area (Å²) in [4.78, 5) is 13.1. The molecule has 3 aromatic rings. The molecule has 9 nitrogen and oxygen atoms in total. The van der Waals surface area contributed by atoms with Gasteiger partial charge in [0.05, 0.1) is 40.5 Å². The molecule has 0 radical (unpaired) electrons. The van der Waals surface area contributed by atoms with Crippen molar-refractivity contribution < 1.29 is 28.8 Å². The summed E-state index contributed by atoms with van der Waals surface area (Å²) in [5.41, 5.74) is 5.41. The zero-order chi connectivity index (χ0) is 25.0. The van der Waals surface area contributed by atoms with Crippen molar-refractivity contribution in [3.8, 4) is 17.2 Å². The van der Waals surface area contributed by atoms with Crippen LogP contribution in [-0.2, 0) is 16.0 Å². The van der Waals surface area contributed by atoms with Gasteiger partial charge in [-0.1, -0.05) is 0 Å². The van der Waals surface area contributed by atoms with Crippen molar-refractivity contribution in [2.45, 2.75) is 18.9 Å². The van der Waals surface area contributed by atoms with Crippen LogP contribution in [0.2, 0.25) is 0 Å². The molecule has 1 atom stereocenters. The Morgan fingerprint density at radius 2 is 1.78 bits per heavy atom. The third kappa shape index (κ3) is 6.13. The topological polar surface area (TPSA) is 116 Å². The van der Waals surface area contributed by atoms with E-state index in [0.29, 0.717) is 49.4 Å². The molecule has 0 bridgehead atoms. The summed E-state index contributed by atoms with van der Waals surface area (Å²) in [6.07, 6.45) is 0.189. The van der Waals surface area contributed by atoms with Crippen LogP contribution in [0.1, 0.15) is 17.4 Å². The molecule has 36 heavy (non-hydrogen) atoms. The fourth-order valence-corrected chi connectivity index (χ4v) is 5.03. The van der Waals surface area contributed by atoms with Gasteiger partial charge in [0, 0.05) is 27.6 Å². The molecule has 194 valence electrons. The van der Waals surface area contributed by atoms with E-state index in [1.807, 2.05) is 23.2 Å². The van der Waals surface area contributed by atoms with Crippen molar-refractivity contribution in [2.75, 3.05) is 40.5 Å². The second kappa shape index (κ2) is 11.7. The van der Waals surface area contributed by atoms with Crippen molar-refractivity contribution in [3.05, 3.63) is 52.9 Å². The number of thiophene rings is 1. The molecule has 4 rings (SSSR count). The number of fused-ring (bicyclic) bond motifs is 1. The number of hydrogen-bond acceptors (Lipinski definition) is 8. The van der Waals surface area contributed by atoms with Gasteiger partial charge < -0.3 is 29.8 Å². The molecular formula is C25H30ClN3O6S. The maximum atomic E-state index is 12.2. The van der Waals surface area contributed by atoms with Gasteiger partial charge in [-0.3, -0.25) is 5.01 Å². The van der Waals surface area contributed by atoms with E-state index in [2.05, 4.69) is 5.10 Å². The Morgan fingerprint density at radius 1 is 1.14 bits per heavy atom. The summed E-state index contributed by atoms with van der Waals surface area (Å²) >= 11 is 1.50. The molecule has 1 aromatic heterocycles. The predicted molar refractivity (Wildman–Crippen MR) is 142 cm³/mol. The number of nitrogens with zero attached hydrogens (tertiary/aromatic N) is 2. The van der Waals surface area contributed by atoms with Crippen LogP contribution in [0.4, 0.5) is 0 Å². The molecule has 3 N–H and O–H groups in total. The van der Waals surface area contributed by atoms with E-state index in [0.717, 1.165) is 20.5 Å². The lowest BCUT2D eigenvalue weighted by Gasteiger charge is -2.26. The first kappa shape index (κ1) is 27.4. The Bertz CT molecular complexity index is 1190. The smallest absolute Gasteiger partial charge is 0.348 e. The van der Waals surface area contributed by atoms with Gasteiger partial charge in [-0.05, 0) is 48.7 Å². The van der Waals surface area contributed by atoms with Crippen LogP contribution >= 0.6 is 23.7 Å². The molecule has 0 amide bonds. The fraction of sp³-hybridized carbons (Fsp3) is 0.360. The van der Waals surface area contributed by atoms with Gasteiger partial charge in [0.2, 0.25) is 5.60 Å². The maximum Gasteiger partial charge on any atom is 0.348 e. The Kier molecular flexibility index (Phi) is 8.89. The second-order valence-electron chi connectivity index (χ2n) is 8.35. The molecule has 2 heterocycles. The quantitative estimate of drug-likeness (QED) is 0.314. The first-order valence-corrected chi connectivity index (χ1v) is 12.0. The number of carbonyl (C=O) groups is 1. The van der Waals surface area contributed by atoms with Crippen LogP contribution in [0.5, 0.6) is 17.2 Å². The number of amidine groups is 1. The van der Waals surface area contributed by atoms with Crippen LogP contribution in [-0.4, -0.2) is 68.0 Å². The highest BCUT2D eigenvalue weighted by Gasteiger charge is 2.36. The highest BCUT2D eigenvalue weighted by molar-refractivity contribution is 7.19. The lowest BCUT2D eigenvalue weighted by atomic mass is 10.0. The van der Waals surface area contributed by atoms with Gasteiger partial charge in [0.15, 0.2) is 17.3 Å². The average Bonchev–Trinajstić information content (AvgIpc) is 3.24. The second-order valence-corrected chi connectivity index (χ2v) is 9.52. The number of halogens is 1. The SMILES string of the molecule is COc1cc2cc(CC(C)(Oc3ccc(C(N)=NN4CCOCC4)cc3)C(=O)O)sc2cc1OC.Cl. The number of carboxylic acid groups (broad SMARTS) is 1. The standard InChI is InChI=1S/C25H29N3O6S.ClH/c1-25(24(29)30,15-19-12-17-13-20(31-2)21(32-3)14-22(17)35-19)34-18-6-4-16(5-7-18)23(26)27-28-8-10-33-11-9-28;/h4-7,12-14H,8-11,15H2,1-3H3,(H2,26,27)(H,29,30);1H. The van der Waals surface area contributed by atoms with Crippen LogP contribution < -0.4 is 19.9 Å². The zero-order valence-electron chi connectivity index (χ0n) is 20.4. The van der Waals surface area contributed by atoms with Gasteiger partial charge in [-0.25, -0.2) is 4.79 Å². The number of hydrazone groups is 1. The Hall–Kier alpha value is -3.21. The van der Waals surface area contributed by atoms with E-state index in [1.54, 1.807) is 45.4 Å². The van der Waals surface area contributed by atoms with Crippen LogP contribution in [0.15, 0.2) is 47.6 Å². The minimum atomic E-state index is -1.47. The van der Waals surface area contributed by atoms with E-state index < -0.39 is 11.6 Å². The summed E-state index contributed by atoms with van der Waals surface area (Å²) in [6, 6.07) is 12.7. The van der Waals surface area contributed by atoms with Crippen LogP contribution in [0, 0.1) is 0 Å². The van der Waals surface area contributed by atoms with Gasteiger partial charge >= 0.3 is 5.97 Å². The van der Waals surface area contributed by atoms with Gasteiger partial charge in [-0.2, -0.15) is 5.10 Å². The highest BCUT2D eigenvalue weighted by atomic mass is 35.5. The number of aliphatic carboxylic acids is 1. The number of methoxy groups -OCH3 is 2. The van der Waals surface area contributed by atoms with Crippen molar-refractivity contribution in [2.24, 2.45) is 10.8 Å². The number of carboxylic acids is 1. The van der Waals surface area contributed by atoms with Crippen molar-refractivity contribution in [1.82, 2.24) is 5.01 Å². The first-order chi connectivity index (χ1) is 16.8. The van der Waals surface area contributed by atoms with Crippen molar-refractivity contribution >= 4 is 45.6 Å². The lowest BCUT2D eigenvalue weighted by molar-refractivity contribution is -0.153. The van der Waals surface area contributed by atoms with Gasteiger partial charge in [0.1, 0.15) is 5.75 Å². The number of benzene rings is 2. The number of nitrogens with two attached hydrogens (primary N) is 1. The van der Waals surface area contributed by atoms with E-state index in [1.165, 1.54) is 11.3 Å². The van der Waals surface area contributed by atoms with Crippen LogP contribution in [0.25, 0.3) is 10.1 Å². The number of hydrogen-bond donors (Lipinski definition) is 2. The Balaban J connectivity index is 0.00000361. The fourth-order valence-electron chi connectivity index (χ4n) is 3.81. The molecule has 0 aliphatic carbocycles. The third-order valence-electron chi connectivity index (χ3n) is 5.77. The lowest BCUT2D eigenvalue weighted by Crippen LogP contribution is -2.43. The summed E-state index contributed by atoms with van der Waals surface area (Å²) in [5, 5.41) is 17.3. The number of morpholine rings is 1. The zero-order valence-corrected chi connectivity index (χ0v) is 22.0. The largest absolute Gasteiger partial charge is 0.493 e. The maximum absolute atomic E-state index is 12.2. The van der Waals surface area contributed by atoms with E-state index in [-0.39, 0.29) is 18.8 Å². The number of rotatable bonds is 9. The molecule has 1 fully saturated rings. The minimum absolute atomic E-state index is 0. The Labute approximate surface area is 219 Å². The van der Waals surface area contributed by atoms with Crippen molar-refractivity contribution in [1.29, 1.82) is 0 Å². The molecule has 1 unspecified atom stereocenters. The molecule has 0 spiro atoms. The normalized spacial score (nSPS) is 15.6. The molecule has 1 saturated heterocycles. The molecular weight excluding hydrogens is 506 g/mol. The van der Waals surface area contributed by atoms with Crippen LogP contribution in [0.3, 0.4) is 0 Å². The predicted octanol–water partition coefficient (Wildman–Crippen LogP) is 3.76. The summed E-state index contributed by atoms with van der Waals surface area (Å²) in [6.45, 7) is 4.20. The molecule has 0 saturated carbocycles. The van der Waals surface area contributed by atoms with Gasteiger partial charge in [-0.15, -0.1) is 23.7 Å². The molecule has 1 aliphatic rings. The minimum Gasteiger partial charge on any atom is -0.493 e. The molecule has 1 aliphatic heterocycles. The first-order valence-electron chi connectivity index (χ1n) is 11.2. The monoisotopic (exact) mass is 535 g/mol. The highest BCUT2D eigenvalue weighted by Crippen LogP contribution is 2.37. The Morgan fingerprint density at radius 3 is 2.39 bits per heavy atom. The summed E-state index contributed by atoms with van der Waals surface area (Å²) in [7, 11) is 3.17.